The smallest absolute Gasteiger partial charge is 0.335 e. The minimum Gasteiger partial charge on any atom is -0.504 e. The van der Waals surface area contributed by atoms with Crippen LogP contribution in [0.4, 0.5) is 0 Å². The minimum atomic E-state index is -1.29. The monoisotopic (exact) mass is 642 g/mol. The van der Waals surface area contributed by atoms with Crippen molar-refractivity contribution in [2.45, 2.75) is 27.1 Å². The van der Waals surface area contributed by atoms with Crippen LogP contribution in [0.25, 0.3) is 0 Å². The first-order chi connectivity index (χ1) is 20.9. The second-order valence-corrected chi connectivity index (χ2v) is 11.8. The number of carboxylic acids is 3. The van der Waals surface area contributed by atoms with Gasteiger partial charge < -0.3 is 35.5 Å². The Hall–Kier alpha value is -4.17. The van der Waals surface area contributed by atoms with Gasteiger partial charge in [-0.25, -0.2) is 14.4 Å². The number of fused-ring (bicyclic) bond motifs is 2. The van der Waals surface area contributed by atoms with E-state index in [2.05, 4.69) is 65.6 Å². The maximum atomic E-state index is 10.3. The number of thioether (sulfide) groups is 1. The van der Waals surface area contributed by atoms with E-state index in [1.807, 2.05) is 23.5 Å². The number of hydrogen-bond donors (Lipinski definition) is 6. The molecular weight excluding hydrogens is 608 g/mol. The summed E-state index contributed by atoms with van der Waals surface area (Å²) in [6.45, 7) is 4.67. The molecule has 0 amide bonds. The summed E-state index contributed by atoms with van der Waals surface area (Å²) < 4.78 is 0. The Morgan fingerprint density at radius 2 is 1.43 bits per heavy atom. The van der Waals surface area contributed by atoms with Crippen molar-refractivity contribution in [1.29, 1.82) is 0 Å². The van der Waals surface area contributed by atoms with E-state index < -0.39 is 35.2 Å². The molecule has 3 aromatic carbocycles. The number of aromatic carboxylic acids is 1. The number of rotatable bonds is 5. The maximum Gasteiger partial charge on any atom is 0.335 e. The lowest BCUT2D eigenvalue weighted by Crippen LogP contribution is -2.46. The van der Waals surface area contributed by atoms with Gasteiger partial charge in [-0.05, 0) is 67.2 Å². The van der Waals surface area contributed by atoms with Crippen LogP contribution in [0.1, 0.15) is 27.5 Å². The van der Waals surface area contributed by atoms with Crippen LogP contribution < -0.4 is 0 Å². The van der Waals surface area contributed by atoms with Crippen LogP contribution in [0.2, 0.25) is 0 Å². The van der Waals surface area contributed by atoms with Crippen molar-refractivity contribution in [3.05, 3.63) is 83.4 Å². The second kappa shape index (κ2) is 16.1. The highest BCUT2D eigenvalue weighted by atomic mass is 32.2. The van der Waals surface area contributed by atoms with E-state index in [0.717, 1.165) is 31.6 Å². The van der Waals surface area contributed by atoms with E-state index in [1.54, 1.807) is 0 Å². The molecule has 13 heteroatoms. The summed E-state index contributed by atoms with van der Waals surface area (Å²) in [4.78, 5) is 38.8. The standard InChI is InChI=1S/C20H24N2S2.C7H6O5.C4H4O4/c1-21-9-11-22(12-10-21)18-13-15-5-3-4-6-19(15)24-20-8-7-16(23-2)14-17(18)20;8-4-1-3(7(11)12)2-5(9)6(4)10;5-3(6)1-2-4(7)8/h3-8,14,18H,9-13H2,1-2H3;1-2,8-10H,(H,11,12);1-2H,(H,5,6)(H,7,8). The van der Waals surface area contributed by atoms with Crippen LogP contribution in [-0.2, 0) is 16.0 Å². The van der Waals surface area contributed by atoms with Gasteiger partial charge in [0.1, 0.15) is 0 Å². The molecule has 1 atom stereocenters. The number of aromatic hydroxyl groups is 3. The normalized spacial score (nSPS) is 16.3. The van der Waals surface area contributed by atoms with E-state index >= 15 is 0 Å². The molecule has 2 aliphatic heterocycles. The van der Waals surface area contributed by atoms with E-state index in [-0.39, 0.29) is 5.56 Å². The summed E-state index contributed by atoms with van der Waals surface area (Å²) >= 11 is 3.79. The van der Waals surface area contributed by atoms with Crippen molar-refractivity contribution in [3.63, 3.8) is 0 Å². The number of likely N-dealkylation sites (N-methyl/N-ethyl adjacent to an activating group) is 1. The summed E-state index contributed by atoms with van der Waals surface area (Å²) in [7, 11) is 2.23. The van der Waals surface area contributed by atoms with Crippen LogP contribution in [-0.4, -0.2) is 97.8 Å². The molecule has 0 radical (unpaired) electrons. The van der Waals surface area contributed by atoms with Crippen LogP contribution in [0.15, 0.2) is 81.4 Å². The second-order valence-electron chi connectivity index (χ2n) is 9.85. The van der Waals surface area contributed by atoms with Crippen molar-refractivity contribution in [2.75, 3.05) is 39.5 Å². The predicted octanol–water partition coefficient (Wildman–Crippen LogP) is 4.62. The van der Waals surface area contributed by atoms with Crippen molar-refractivity contribution >= 4 is 41.4 Å². The number of phenolic OH excluding ortho intramolecular Hbond substituents is 3. The van der Waals surface area contributed by atoms with Gasteiger partial charge >= 0.3 is 17.9 Å². The third-order valence-corrected chi connectivity index (χ3v) is 8.78. The topological polar surface area (TPSA) is 179 Å². The molecule has 1 saturated heterocycles. The molecule has 5 rings (SSSR count). The zero-order valence-electron chi connectivity index (χ0n) is 24.1. The molecule has 1 fully saturated rings. The molecule has 2 aliphatic rings. The van der Waals surface area contributed by atoms with Gasteiger partial charge in [0.15, 0.2) is 17.2 Å². The molecule has 0 spiro atoms. The molecule has 0 bridgehead atoms. The third kappa shape index (κ3) is 9.67. The van der Waals surface area contributed by atoms with E-state index in [4.69, 9.17) is 30.6 Å². The fourth-order valence-electron chi connectivity index (χ4n) is 4.55. The zero-order chi connectivity index (χ0) is 32.4. The Morgan fingerprint density at radius 3 is 1.98 bits per heavy atom. The molecule has 0 saturated carbocycles. The van der Waals surface area contributed by atoms with Crippen molar-refractivity contribution in [1.82, 2.24) is 9.80 Å². The van der Waals surface area contributed by atoms with Gasteiger partial charge in [-0.1, -0.05) is 30.0 Å². The summed E-state index contributed by atoms with van der Waals surface area (Å²) in [6.07, 6.45) is 4.41. The SMILES string of the molecule is CSc1ccc2c(c1)C(N1CCN(C)CC1)Cc1ccccc1S2.O=C(O)C=CC(=O)O.O=C(O)c1cc(O)c(O)c(O)c1. The molecule has 0 aliphatic carbocycles. The maximum absolute atomic E-state index is 10.3. The van der Waals surface area contributed by atoms with Gasteiger partial charge in [-0.2, -0.15) is 0 Å². The summed E-state index contributed by atoms with van der Waals surface area (Å²) in [5.41, 5.74) is 2.73. The van der Waals surface area contributed by atoms with Crippen molar-refractivity contribution < 1.29 is 45.0 Å². The zero-order valence-corrected chi connectivity index (χ0v) is 25.7. The van der Waals surface area contributed by atoms with Gasteiger partial charge in [0, 0.05) is 59.1 Å². The van der Waals surface area contributed by atoms with Crippen LogP contribution >= 0.6 is 23.5 Å². The Bertz CT molecular complexity index is 1480. The number of phenols is 3. The highest BCUT2D eigenvalue weighted by Crippen LogP contribution is 2.44. The van der Waals surface area contributed by atoms with Gasteiger partial charge in [0.2, 0.25) is 0 Å². The molecule has 2 heterocycles. The van der Waals surface area contributed by atoms with Gasteiger partial charge in [-0.15, -0.1) is 11.8 Å². The number of hydrogen-bond acceptors (Lipinski definition) is 10. The van der Waals surface area contributed by atoms with E-state index in [0.29, 0.717) is 18.2 Å². The fourth-order valence-corrected chi connectivity index (χ4v) is 6.11. The van der Waals surface area contributed by atoms with E-state index in [1.165, 1.54) is 38.9 Å². The molecule has 234 valence electrons. The number of nitrogens with zero attached hydrogens (tertiary/aromatic N) is 2. The van der Waals surface area contributed by atoms with Gasteiger partial charge in [0.05, 0.1) is 5.56 Å². The Labute approximate surface area is 263 Å². The lowest BCUT2D eigenvalue weighted by atomic mass is 9.96. The molecule has 0 aromatic heterocycles. The average Bonchev–Trinajstić information content (AvgIpc) is 3.16. The first-order valence-electron chi connectivity index (χ1n) is 13.4. The Morgan fingerprint density at radius 1 is 0.841 bits per heavy atom. The largest absolute Gasteiger partial charge is 0.504 e. The number of aliphatic carboxylic acids is 2. The number of carbonyl (C=O) groups is 3. The molecule has 3 aromatic rings. The molecule has 11 nitrogen and oxygen atoms in total. The molecular formula is C31H34N2O9S2. The predicted molar refractivity (Wildman–Crippen MR) is 167 cm³/mol. The number of benzene rings is 3. The molecule has 44 heavy (non-hydrogen) atoms. The van der Waals surface area contributed by atoms with Gasteiger partial charge in [0.25, 0.3) is 0 Å². The first-order valence-corrected chi connectivity index (χ1v) is 15.4. The number of piperazine rings is 1. The van der Waals surface area contributed by atoms with Gasteiger partial charge in [-0.3, -0.25) is 4.90 Å². The van der Waals surface area contributed by atoms with Crippen molar-refractivity contribution in [3.8, 4) is 17.2 Å². The van der Waals surface area contributed by atoms with Crippen LogP contribution in [0, 0.1) is 0 Å². The lowest BCUT2D eigenvalue weighted by molar-refractivity contribution is -0.134. The fraction of sp³-hybridized carbons (Fsp3) is 0.258. The Kier molecular flexibility index (Phi) is 12.5. The van der Waals surface area contributed by atoms with Crippen molar-refractivity contribution in [2.24, 2.45) is 0 Å². The molecule has 1 unspecified atom stereocenters. The highest BCUT2D eigenvalue weighted by Gasteiger charge is 2.29. The minimum absolute atomic E-state index is 0.289. The highest BCUT2D eigenvalue weighted by molar-refractivity contribution is 7.99. The van der Waals surface area contributed by atoms with E-state index in [9.17, 15) is 14.4 Å². The summed E-state index contributed by atoms with van der Waals surface area (Å²) in [6, 6.07) is 18.2. The third-order valence-electron chi connectivity index (χ3n) is 6.85. The number of carboxylic acid groups (broad SMARTS) is 3. The van der Waals surface area contributed by atoms with Crippen LogP contribution in [0.3, 0.4) is 0 Å². The summed E-state index contributed by atoms with van der Waals surface area (Å²) in [5, 5.41) is 50.6. The Balaban J connectivity index is 0.000000221. The lowest BCUT2D eigenvalue weighted by Gasteiger charge is -2.38. The molecule has 6 N–H and O–H groups in total. The van der Waals surface area contributed by atoms with Crippen LogP contribution in [0.5, 0.6) is 17.2 Å². The average molecular weight is 643 g/mol. The quantitative estimate of drug-likeness (QED) is 0.129. The first kappa shape index (κ1) is 34.3. The summed E-state index contributed by atoms with van der Waals surface area (Å²) in [5.74, 6) is -5.85.